The van der Waals surface area contributed by atoms with Crippen LogP contribution < -0.4 is 10.6 Å². The van der Waals surface area contributed by atoms with Crippen LogP contribution in [0.25, 0.3) is 0 Å². The van der Waals surface area contributed by atoms with Crippen LogP contribution in [0, 0.1) is 12.8 Å². The molecule has 22 heavy (non-hydrogen) atoms. The van der Waals surface area contributed by atoms with E-state index in [1.54, 1.807) is 5.56 Å². The Bertz CT molecular complexity index is 455. The zero-order valence-electron chi connectivity index (χ0n) is 14.9. The Morgan fingerprint density at radius 3 is 2.64 bits per heavy atom. The fraction of sp³-hybridized carbons (Fsp3) is 0.700. The third-order valence-corrected chi connectivity index (χ3v) is 5.06. The van der Waals surface area contributed by atoms with Gasteiger partial charge in [0.05, 0.1) is 0 Å². The standard InChI is InChI=1S/C20H34N2/c1-5-21-14-18-11-15(3)8-10-20(18)17-9-7-16(4)12-19(13-17)22-6-2/h8,10-11,16-17,19,21-22H,5-7,9,12-14H2,1-4H3. The summed E-state index contributed by atoms with van der Waals surface area (Å²) >= 11 is 0. The maximum absolute atomic E-state index is 3.71. The quantitative estimate of drug-likeness (QED) is 0.762. The van der Waals surface area contributed by atoms with Crippen molar-refractivity contribution in [2.45, 2.75) is 71.9 Å². The van der Waals surface area contributed by atoms with Gasteiger partial charge in [-0.25, -0.2) is 0 Å². The average molecular weight is 303 g/mol. The molecule has 0 heterocycles. The molecule has 1 fully saturated rings. The highest BCUT2D eigenvalue weighted by atomic mass is 14.9. The van der Waals surface area contributed by atoms with E-state index < -0.39 is 0 Å². The van der Waals surface area contributed by atoms with E-state index in [9.17, 15) is 0 Å². The van der Waals surface area contributed by atoms with E-state index in [-0.39, 0.29) is 0 Å². The van der Waals surface area contributed by atoms with Crippen molar-refractivity contribution in [1.82, 2.24) is 10.6 Å². The van der Waals surface area contributed by atoms with Crippen molar-refractivity contribution in [1.29, 1.82) is 0 Å². The fourth-order valence-corrected chi connectivity index (χ4v) is 3.93. The minimum atomic E-state index is 0.681. The highest BCUT2D eigenvalue weighted by Gasteiger charge is 2.25. The van der Waals surface area contributed by atoms with Crippen LogP contribution in [0.3, 0.4) is 0 Å². The van der Waals surface area contributed by atoms with Crippen LogP contribution in [-0.4, -0.2) is 19.1 Å². The van der Waals surface area contributed by atoms with Crippen molar-refractivity contribution >= 4 is 0 Å². The fourth-order valence-electron chi connectivity index (χ4n) is 3.93. The molecule has 0 saturated heterocycles. The molecule has 0 aliphatic heterocycles. The van der Waals surface area contributed by atoms with Crippen molar-refractivity contribution in [2.75, 3.05) is 13.1 Å². The molecular weight excluding hydrogens is 268 g/mol. The monoisotopic (exact) mass is 302 g/mol. The lowest BCUT2D eigenvalue weighted by Gasteiger charge is -2.24. The molecule has 3 unspecified atom stereocenters. The molecule has 1 aromatic rings. The van der Waals surface area contributed by atoms with E-state index in [0.717, 1.165) is 25.6 Å². The summed E-state index contributed by atoms with van der Waals surface area (Å²) in [4.78, 5) is 0. The number of benzene rings is 1. The first-order valence-corrected chi connectivity index (χ1v) is 9.17. The largest absolute Gasteiger partial charge is 0.314 e. The van der Waals surface area contributed by atoms with Gasteiger partial charge in [0.25, 0.3) is 0 Å². The summed E-state index contributed by atoms with van der Waals surface area (Å²) in [5.74, 6) is 1.56. The van der Waals surface area contributed by atoms with Crippen LogP contribution in [0.5, 0.6) is 0 Å². The third kappa shape index (κ3) is 4.82. The summed E-state index contributed by atoms with van der Waals surface area (Å²) in [6, 6.07) is 7.75. The molecular formula is C20H34N2. The lowest BCUT2D eigenvalue weighted by molar-refractivity contribution is 0.408. The molecule has 0 bridgehead atoms. The number of aryl methyl sites for hydroxylation is 1. The predicted molar refractivity (Wildman–Crippen MR) is 96.4 cm³/mol. The molecule has 124 valence electrons. The smallest absolute Gasteiger partial charge is 0.0208 e. The SMILES string of the molecule is CCNCc1cc(C)ccc1C1CCC(C)CC(NCC)C1. The molecule has 1 aromatic carbocycles. The van der Waals surface area contributed by atoms with Crippen LogP contribution in [0.2, 0.25) is 0 Å². The summed E-state index contributed by atoms with van der Waals surface area (Å²) in [5.41, 5.74) is 4.47. The number of hydrogen-bond acceptors (Lipinski definition) is 2. The van der Waals surface area contributed by atoms with Crippen LogP contribution in [0.15, 0.2) is 18.2 Å². The molecule has 0 spiro atoms. The van der Waals surface area contributed by atoms with Gasteiger partial charge in [-0.1, -0.05) is 51.0 Å². The molecule has 1 saturated carbocycles. The number of nitrogens with one attached hydrogen (secondary N) is 2. The Kier molecular flexibility index (Phi) is 6.91. The predicted octanol–water partition coefficient (Wildman–Crippen LogP) is 4.38. The molecule has 0 amide bonds. The van der Waals surface area contributed by atoms with Gasteiger partial charge in [-0.05, 0) is 62.2 Å². The van der Waals surface area contributed by atoms with E-state index in [2.05, 4.69) is 56.5 Å². The topological polar surface area (TPSA) is 24.1 Å². The van der Waals surface area contributed by atoms with Crippen molar-refractivity contribution in [3.63, 3.8) is 0 Å². The molecule has 2 heteroatoms. The van der Waals surface area contributed by atoms with Crippen molar-refractivity contribution in [3.8, 4) is 0 Å². The first kappa shape index (κ1) is 17.5. The normalized spacial score (nSPS) is 25.9. The Hall–Kier alpha value is -0.860. The van der Waals surface area contributed by atoms with Gasteiger partial charge < -0.3 is 10.6 Å². The molecule has 0 aromatic heterocycles. The van der Waals surface area contributed by atoms with Gasteiger partial charge in [-0.3, -0.25) is 0 Å². The van der Waals surface area contributed by atoms with E-state index >= 15 is 0 Å². The average Bonchev–Trinajstić information content (AvgIpc) is 2.67. The van der Waals surface area contributed by atoms with Crippen molar-refractivity contribution in [2.24, 2.45) is 5.92 Å². The summed E-state index contributed by atoms with van der Waals surface area (Å²) in [5, 5.41) is 7.23. The van der Waals surface area contributed by atoms with Gasteiger partial charge in [-0.2, -0.15) is 0 Å². The number of hydrogen-bond donors (Lipinski definition) is 2. The summed E-state index contributed by atoms with van der Waals surface area (Å²) < 4.78 is 0. The maximum atomic E-state index is 3.71. The van der Waals surface area contributed by atoms with Gasteiger partial charge in [0.1, 0.15) is 0 Å². The second kappa shape index (κ2) is 8.69. The minimum Gasteiger partial charge on any atom is -0.314 e. The van der Waals surface area contributed by atoms with E-state index in [4.69, 9.17) is 0 Å². The first-order chi connectivity index (χ1) is 10.6. The van der Waals surface area contributed by atoms with Crippen LogP contribution in [0.1, 0.15) is 69.1 Å². The van der Waals surface area contributed by atoms with Crippen LogP contribution in [-0.2, 0) is 6.54 Å². The second-order valence-electron chi connectivity index (χ2n) is 7.09. The van der Waals surface area contributed by atoms with Gasteiger partial charge >= 0.3 is 0 Å². The Morgan fingerprint density at radius 2 is 1.91 bits per heavy atom. The number of rotatable bonds is 6. The van der Waals surface area contributed by atoms with Gasteiger partial charge in [0.2, 0.25) is 0 Å². The Labute approximate surface area is 137 Å². The maximum Gasteiger partial charge on any atom is 0.0208 e. The van der Waals surface area contributed by atoms with Crippen molar-refractivity contribution in [3.05, 3.63) is 34.9 Å². The van der Waals surface area contributed by atoms with Crippen molar-refractivity contribution < 1.29 is 0 Å². The van der Waals surface area contributed by atoms with Gasteiger partial charge in [-0.15, -0.1) is 0 Å². The van der Waals surface area contributed by atoms with E-state index in [0.29, 0.717) is 12.0 Å². The second-order valence-corrected chi connectivity index (χ2v) is 7.09. The molecule has 0 radical (unpaired) electrons. The lowest BCUT2D eigenvalue weighted by atomic mass is 9.86. The first-order valence-electron chi connectivity index (χ1n) is 9.17. The molecule has 2 rings (SSSR count). The van der Waals surface area contributed by atoms with Gasteiger partial charge in [0.15, 0.2) is 0 Å². The van der Waals surface area contributed by atoms with Crippen LogP contribution in [0.4, 0.5) is 0 Å². The van der Waals surface area contributed by atoms with E-state index in [1.807, 2.05) is 0 Å². The highest BCUT2D eigenvalue weighted by molar-refractivity contribution is 5.34. The highest BCUT2D eigenvalue weighted by Crippen LogP contribution is 2.36. The Morgan fingerprint density at radius 1 is 1.09 bits per heavy atom. The summed E-state index contributed by atoms with van der Waals surface area (Å²) in [6.45, 7) is 12.2. The zero-order chi connectivity index (χ0) is 15.9. The summed E-state index contributed by atoms with van der Waals surface area (Å²) in [6.07, 6.45) is 5.32. The van der Waals surface area contributed by atoms with Crippen LogP contribution >= 0.6 is 0 Å². The van der Waals surface area contributed by atoms with Gasteiger partial charge in [0, 0.05) is 12.6 Å². The Balaban J connectivity index is 2.20. The third-order valence-electron chi connectivity index (χ3n) is 5.06. The molecule has 2 N–H and O–H groups in total. The lowest BCUT2D eigenvalue weighted by Crippen LogP contribution is -2.30. The van der Waals surface area contributed by atoms with E-state index in [1.165, 1.54) is 36.8 Å². The zero-order valence-corrected chi connectivity index (χ0v) is 14.9. The molecule has 1 aliphatic rings. The minimum absolute atomic E-state index is 0.681. The molecule has 3 atom stereocenters. The molecule has 2 nitrogen and oxygen atoms in total. The summed E-state index contributed by atoms with van der Waals surface area (Å²) in [7, 11) is 0. The molecule has 1 aliphatic carbocycles.